The quantitative estimate of drug-likeness (QED) is 0.442. The highest BCUT2D eigenvalue weighted by atomic mass is 32.2. The second-order valence-electron chi connectivity index (χ2n) is 10.3. The number of anilines is 2. The van der Waals surface area contributed by atoms with E-state index in [1.165, 1.54) is 18.2 Å². The lowest BCUT2D eigenvalue weighted by atomic mass is 9.87. The highest BCUT2D eigenvalue weighted by Crippen LogP contribution is 2.27. The van der Waals surface area contributed by atoms with Crippen molar-refractivity contribution in [1.29, 1.82) is 0 Å². The van der Waals surface area contributed by atoms with Gasteiger partial charge in [0, 0.05) is 11.4 Å². The van der Waals surface area contributed by atoms with Crippen molar-refractivity contribution in [3.63, 3.8) is 0 Å². The molecule has 0 spiro atoms. The summed E-state index contributed by atoms with van der Waals surface area (Å²) in [5.74, 6) is 0. The normalized spacial score (nSPS) is 12.9. The number of benzene rings is 3. The van der Waals surface area contributed by atoms with Crippen LogP contribution in [0.3, 0.4) is 0 Å². The van der Waals surface area contributed by atoms with Gasteiger partial charge >= 0.3 is 0 Å². The molecule has 3 rings (SSSR count). The Morgan fingerprint density at radius 2 is 0.853 bits per heavy atom. The summed E-state index contributed by atoms with van der Waals surface area (Å²) < 4.78 is 56.7. The van der Waals surface area contributed by atoms with E-state index >= 15 is 0 Å². The molecule has 3 aromatic rings. The van der Waals surface area contributed by atoms with Crippen LogP contribution in [0.25, 0.3) is 0 Å². The topological polar surface area (TPSA) is 92.3 Å². The lowest BCUT2D eigenvalue weighted by Gasteiger charge is -2.19. The summed E-state index contributed by atoms with van der Waals surface area (Å²) in [5.41, 5.74) is 2.84. The highest BCUT2D eigenvalue weighted by Gasteiger charge is 2.21. The van der Waals surface area contributed by atoms with Crippen LogP contribution in [0.1, 0.15) is 52.7 Å². The molecule has 0 unspecified atom stereocenters. The second kappa shape index (κ2) is 9.07. The van der Waals surface area contributed by atoms with Crippen molar-refractivity contribution in [2.24, 2.45) is 0 Å². The van der Waals surface area contributed by atoms with Gasteiger partial charge < -0.3 is 0 Å². The molecule has 0 aliphatic carbocycles. The summed E-state index contributed by atoms with van der Waals surface area (Å²) in [6.45, 7) is 12.4. The van der Waals surface area contributed by atoms with Gasteiger partial charge in [0.05, 0.1) is 9.79 Å². The Balaban J connectivity index is 1.82. The molecule has 0 aliphatic heterocycles. The van der Waals surface area contributed by atoms with E-state index in [1.54, 1.807) is 24.3 Å². The molecule has 8 heteroatoms. The van der Waals surface area contributed by atoms with E-state index in [9.17, 15) is 16.8 Å². The maximum absolute atomic E-state index is 12.9. The fourth-order valence-corrected chi connectivity index (χ4v) is 5.60. The van der Waals surface area contributed by atoms with Crippen LogP contribution < -0.4 is 9.44 Å². The zero-order valence-electron chi connectivity index (χ0n) is 20.4. The van der Waals surface area contributed by atoms with Gasteiger partial charge in [0.2, 0.25) is 0 Å². The van der Waals surface area contributed by atoms with E-state index in [1.807, 2.05) is 24.3 Å². The zero-order chi connectivity index (χ0) is 25.4. The first-order valence-electron chi connectivity index (χ1n) is 10.9. The first-order valence-corrected chi connectivity index (χ1v) is 13.9. The van der Waals surface area contributed by atoms with Crippen LogP contribution in [0.2, 0.25) is 0 Å². The van der Waals surface area contributed by atoms with Crippen LogP contribution in [-0.4, -0.2) is 16.8 Å². The van der Waals surface area contributed by atoms with Crippen molar-refractivity contribution in [1.82, 2.24) is 0 Å². The lowest BCUT2D eigenvalue weighted by Crippen LogP contribution is -2.17. The van der Waals surface area contributed by atoms with Gasteiger partial charge in [-0.25, -0.2) is 16.8 Å². The van der Waals surface area contributed by atoms with Crippen LogP contribution in [0.15, 0.2) is 82.6 Å². The van der Waals surface area contributed by atoms with Crippen LogP contribution >= 0.6 is 0 Å². The Hall–Kier alpha value is -2.84. The molecule has 0 heterocycles. The molecule has 0 aliphatic rings. The summed E-state index contributed by atoms with van der Waals surface area (Å²) in [4.78, 5) is -0.281. The van der Waals surface area contributed by atoms with Crippen molar-refractivity contribution in [3.8, 4) is 0 Å². The molecule has 2 N–H and O–H groups in total. The van der Waals surface area contributed by atoms with Gasteiger partial charge in [0.1, 0.15) is 0 Å². The number of sulfonamides is 2. The van der Waals surface area contributed by atoms with E-state index in [-0.39, 0.29) is 20.6 Å². The average Bonchev–Trinajstić information content (AvgIpc) is 2.73. The molecule has 0 radical (unpaired) electrons. The van der Waals surface area contributed by atoms with E-state index < -0.39 is 20.0 Å². The van der Waals surface area contributed by atoms with Crippen LogP contribution in [0, 0.1) is 0 Å². The van der Waals surface area contributed by atoms with E-state index in [2.05, 4.69) is 51.0 Å². The summed E-state index contributed by atoms with van der Waals surface area (Å²) in [7, 11) is -7.96. The van der Waals surface area contributed by atoms with Gasteiger partial charge in [-0.05, 0) is 64.4 Å². The maximum atomic E-state index is 12.9. The fourth-order valence-electron chi connectivity index (χ4n) is 3.31. The minimum atomic E-state index is -3.98. The molecule has 0 atom stereocenters. The number of hydrogen-bond acceptors (Lipinski definition) is 4. The first kappa shape index (κ1) is 25.8. The Morgan fingerprint density at radius 3 is 1.15 bits per heavy atom. The molecular formula is C26H32N2O4S2. The predicted octanol–water partition coefficient (Wildman–Crippen LogP) is 5.88. The van der Waals surface area contributed by atoms with E-state index in [0.717, 1.165) is 17.2 Å². The van der Waals surface area contributed by atoms with Crippen LogP contribution in [0.5, 0.6) is 0 Å². The molecule has 6 nitrogen and oxygen atoms in total. The predicted molar refractivity (Wildman–Crippen MR) is 138 cm³/mol. The number of nitrogens with one attached hydrogen (secondary N) is 2. The van der Waals surface area contributed by atoms with Crippen LogP contribution in [-0.2, 0) is 30.9 Å². The van der Waals surface area contributed by atoms with Crippen molar-refractivity contribution in [2.45, 2.75) is 62.2 Å². The molecule has 0 fully saturated rings. The molecule has 0 saturated heterocycles. The molecule has 182 valence electrons. The van der Waals surface area contributed by atoms with Gasteiger partial charge in [-0.2, -0.15) is 0 Å². The third-order valence-electron chi connectivity index (χ3n) is 5.43. The lowest BCUT2D eigenvalue weighted by molar-refractivity contribution is 0.590. The average molecular weight is 501 g/mol. The Labute approximate surface area is 203 Å². The summed E-state index contributed by atoms with van der Waals surface area (Å²) in [6, 6.07) is 19.5. The van der Waals surface area contributed by atoms with Crippen molar-refractivity contribution < 1.29 is 16.8 Å². The minimum absolute atomic E-state index is 0.0554. The third kappa shape index (κ3) is 6.18. The summed E-state index contributed by atoms with van der Waals surface area (Å²) in [6.07, 6.45) is 0. The smallest absolute Gasteiger partial charge is 0.261 e. The monoisotopic (exact) mass is 500 g/mol. The Kier molecular flexibility index (Phi) is 6.88. The summed E-state index contributed by atoms with van der Waals surface area (Å²) in [5, 5.41) is 0. The van der Waals surface area contributed by atoms with Gasteiger partial charge in [-0.1, -0.05) is 71.9 Å². The summed E-state index contributed by atoms with van der Waals surface area (Å²) >= 11 is 0. The maximum Gasteiger partial charge on any atom is 0.261 e. The van der Waals surface area contributed by atoms with E-state index in [4.69, 9.17) is 0 Å². The SMILES string of the molecule is CC(C)(C)c1ccc(NS(=O)(=O)c2cccc(S(=O)(=O)Nc3ccc(C(C)(C)C)cc3)c2)cc1. The molecule has 0 saturated carbocycles. The Bertz CT molecular complexity index is 1260. The van der Waals surface area contributed by atoms with Crippen molar-refractivity contribution in [2.75, 3.05) is 9.44 Å². The number of hydrogen-bond donors (Lipinski definition) is 2. The highest BCUT2D eigenvalue weighted by molar-refractivity contribution is 7.93. The van der Waals surface area contributed by atoms with Crippen molar-refractivity contribution >= 4 is 31.4 Å². The van der Waals surface area contributed by atoms with Crippen LogP contribution in [0.4, 0.5) is 11.4 Å². The standard InChI is InChI=1S/C26H32N2O4S2/c1-25(2,3)19-10-14-21(15-11-19)27-33(29,30)23-8-7-9-24(18-23)34(31,32)28-22-16-12-20(13-17-22)26(4,5)6/h7-18,27-28H,1-6H3. The van der Waals surface area contributed by atoms with E-state index in [0.29, 0.717) is 11.4 Å². The molecule has 0 amide bonds. The van der Waals surface area contributed by atoms with Gasteiger partial charge in [0.15, 0.2) is 0 Å². The molecular weight excluding hydrogens is 468 g/mol. The van der Waals surface area contributed by atoms with Gasteiger partial charge in [0.25, 0.3) is 20.0 Å². The molecule has 34 heavy (non-hydrogen) atoms. The third-order valence-corrected chi connectivity index (χ3v) is 8.19. The Morgan fingerprint density at radius 1 is 0.529 bits per heavy atom. The van der Waals surface area contributed by atoms with Crippen molar-refractivity contribution in [3.05, 3.63) is 83.9 Å². The minimum Gasteiger partial charge on any atom is -0.280 e. The van der Waals surface area contributed by atoms with Gasteiger partial charge in [-0.3, -0.25) is 9.44 Å². The molecule has 0 bridgehead atoms. The molecule has 3 aromatic carbocycles. The molecule has 0 aromatic heterocycles. The number of rotatable bonds is 6. The van der Waals surface area contributed by atoms with Gasteiger partial charge in [-0.15, -0.1) is 0 Å². The zero-order valence-corrected chi connectivity index (χ0v) is 22.0. The first-order chi connectivity index (χ1) is 15.6. The largest absolute Gasteiger partial charge is 0.280 e. The second-order valence-corrected chi connectivity index (χ2v) is 13.7. The fraction of sp³-hybridized carbons (Fsp3) is 0.308.